The van der Waals surface area contributed by atoms with Crippen molar-refractivity contribution in [2.24, 2.45) is 0 Å². The minimum absolute atomic E-state index is 0.372. The highest BCUT2D eigenvalue weighted by Gasteiger charge is 2.26. The van der Waals surface area contributed by atoms with Crippen molar-refractivity contribution in [1.29, 1.82) is 0 Å². The summed E-state index contributed by atoms with van der Waals surface area (Å²) in [7, 11) is 0. The van der Waals surface area contributed by atoms with Gasteiger partial charge >= 0.3 is 0 Å². The summed E-state index contributed by atoms with van der Waals surface area (Å²) in [5.74, 6) is 1.83. The molecule has 0 atom stereocenters. The van der Waals surface area contributed by atoms with Crippen LogP contribution in [-0.4, -0.2) is 33.5 Å². The fourth-order valence-electron chi connectivity index (χ4n) is 2.10. The van der Waals surface area contributed by atoms with Gasteiger partial charge in [-0.05, 0) is 31.5 Å². The lowest BCUT2D eigenvalue weighted by atomic mass is 10.1. The van der Waals surface area contributed by atoms with Gasteiger partial charge in [0.25, 0.3) is 0 Å². The van der Waals surface area contributed by atoms with Crippen LogP contribution in [0, 0.1) is 0 Å². The van der Waals surface area contributed by atoms with Gasteiger partial charge in [-0.15, -0.1) is 0 Å². The molecule has 0 aliphatic carbocycles. The number of thioether (sulfide) groups is 1. The molecule has 2 heterocycles. The third-order valence-electron chi connectivity index (χ3n) is 2.76. The van der Waals surface area contributed by atoms with Crippen molar-refractivity contribution in [3.05, 3.63) is 23.9 Å². The van der Waals surface area contributed by atoms with Gasteiger partial charge in [0.15, 0.2) is 0 Å². The van der Waals surface area contributed by atoms with E-state index in [9.17, 15) is 0 Å². The maximum absolute atomic E-state index is 5.68. The second-order valence-corrected chi connectivity index (χ2v) is 6.71. The maximum atomic E-state index is 5.68. The summed E-state index contributed by atoms with van der Waals surface area (Å²) in [5.41, 5.74) is 6.94. The summed E-state index contributed by atoms with van der Waals surface area (Å²) in [6, 6.07) is 4.01. The van der Waals surface area contributed by atoms with E-state index in [0.717, 1.165) is 19.6 Å². The molecule has 0 spiro atoms. The maximum Gasteiger partial charge on any atom is 0.123 e. The molecule has 0 radical (unpaired) electrons. The Morgan fingerprint density at radius 2 is 2.38 bits per heavy atom. The summed E-state index contributed by atoms with van der Waals surface area (Å²) in [6.45, 7) is 7.91. The molecule has 1 fully saturated rings. The molecule has 2 rings (SSSR count). The lowest BCUT2D eigenvalue weighted by Crippen LogP contribution is -2.42. The molecule has 0 aromatic carbocycles. The number of nitrogens with zero attached hydrogens (tertiary/aromatic N) is 2. The van der Waals surface area contributed by atoms with Gasteiger partial charge in [0.2, 0.25) is 0 Å². The molecule has 88 valence electrons. The largest absolute Gasteiger partial charge is 0.384 e. The molecule has 1 saturated heterocycles. The molecule has 0 bridgehead atoms. The Hall–Kier alpha value is -0.740. The van der Waals surface area contributed by atoms with Crippen molar-refractivity contribution in [3.63, 3.8) is 0 Å². The van der Waals surface area contributed by atoms with E-state index in [-0.39, 0.29) is 0 Å². The topological polar surface area (TPSA) is 42.2 Å². The predicted molar refractivity (Wildman–Crippen MR) is 70.5 cm³/mol. The summed E-state index contributed by atoms with van der Waals surface area (Å²) in [5, 5.41) is 0. The molecule has 0 unspecified atom stereocenters. The number of nitrogen functional groups attached to an aromatic ring is 1. The zero-order chi connectivity index (χ0) is 11.6. The Morgan fingerprint density at radius 3 is 3.06 bits per heavy atom. The van der Waals surface area contributed by atoms with Crippen LogP contribution in [0.5, 0.6) is 0 Å². The van der Waals surface area contributed by atoms with E-state index in [1.807, 2.05) is 12.1 Å². The van der Waals surface area contributed by atoms with Crippen molar-refractivity contribution < 1.29 is 0 Å². The quantitative estimate of drug-likeness (QED) is 0.854. The molecule has 0 amide bonds. The first-order valence-electron chi connectivity index (χ1n) is 5.62. The third kappa shape index (κ3) is 3.12. The molecule has 1 aromatic heterocycles. The fourth-order valence-corrected chi connectivity index (χ4v) is 3.28. The Kier molecular flexibility index (Phi) is 3.40. The molecule has 2 N–H and O–H groups in total. The number of rotatable bonds is 2. The summed E-state index contributed by atoms with van der Waals surface area (Å²) in [4.78, 5) is 6.51. The van der Waals surface area contributed by atoms with Crippen LogP contribution in [0.2, 0.25) is 0 Å². The van der Waals surface area contributed by atoms with Crippen LogP contribution in [0.15, 0.2) is 18.3 Å². The molecule has 1 aromatic rings. The number of anilines is 1. The van der Waals surface area contributed by atoms with Gasteiger partial charge in [-0.25, -0.2) is 4.98 Å². The van der Waals surface area contributed by atoms with Crippen LogP contribution < -0.4 is 5.73 Å². The first kappa shape index (κ1) is 11.7. The second-order valence-electron chi connectivity index (χ2n) is 4.91. The number of hydrogen-bond donors (Lipinski definition) is 1. The van der Waals surface area contributed by atoms with E-state index in [2.05, 4.69) is 35.5 Å². The van der Waals surface area contributed by atoms with Crippen LogP contribution in [0.25, 0.3) is 0 Å². The van der Waals surface area contributed by atoms with Crippen LogP contribution in [0.3, 0.4) is 0 Å². The van der Waals surface area contributed by atoms with Crippen molar-refractivity contribution in [2.75, 3.05) is 24.6 Å². The first-order chi connectivity index (χ1) is 7.55. The highest BCUT2D eigenvalue weighted by atomic mass is 32.2. The molecule has 16 heavy (non-hydrogen) atoms. The Morgan fingerprint density at radius 1 is 1.56 bits per heavy atom. The number of aromatic nitrogens is 1. The van der Waals surface area contributed by atoms with E-state index in [4.69, 9.17) is 5.73 Å². The monoisotopic (exact) mass is 237 g/mol. The van der Waals surface area contributed by atoms with Crippen molar-refractivity contribution in [1.82, 2.24) is 9.88 Å². The third-order valence-corrected chi connectivity index (χ3v) is 4.05. The Labute approximate surface area is 101 Å². The molecule has 3 nitrogen and oxygen atoms in total. The smallest absolute Gasteiger partial charge is 0.123 e. The molecule has 4 heteroatoms. The fraction of sp³-hybridized carbons (Fsp3) is 0.583. The lowest BCUT2D eigenvalue weighted by molar-refractivity contribution is 0.252. The molecule has 1 aliphatic heterocycles. The molecule has 1 aliphatic rings. The standard InChI is InChI=1S/C12H19N3S/c1-12(2)9-15(5-6-16-12)8-10-3-4-14-11(13)7-10/h3-4,7H,5-6,8-9H2,1-2H3,(H2,13,14). The summed E-state index contributed by atoms with van der Waals surface area (Å²) >= 11 is 2.06. The zero-order valence-corrected chi connectivity index (χ0v) is 10.8. The molecule has 0 saturated carbocycles. The van der Waals surface area contributed by atoms with Crippen molar-refractivity contribution in [3.8, 4) is 0 Å². The highest BCUT2D eigenvalue weighted by molar-refractivity contribution is 8.00. The molecular weight excluding hydrogens is 218 g/mol. The van der Waals surface area contributed by atoms with E-state index >= 15 is 0 Å². The minimum atomic E-state index is 0.372. The Balaban J connectivity index is 1.99. The molecular formula is C12H19N3S. The number of nitrogens with two attached hydrogens (primary N) is 1. The van der Waals surface area contributed by atoms with Gasteiger partial charge in [-0.1, -0.05) is 0 Å². The Bertz CT molecular complexity index is 365. The van der Waals surface area contributed by atoms with Crippen LogP contribution >= 0.6 is 11.8 Å². The van der Waals surface area contributed by atoms with E-state index < -0.39 is 0 Å². The average Bonchev–Trinajstić information content (AvgIpc) is 2.15. The summed E-state index contributed by atoms with van der Waals surface area (Å²) < 4.78 is 0.372. The average molecular weight is 237 g/mol. The van der Waals surface area contributed by atoms with Crippen LogP contribution in [0.4, 0.5) is 5.82 Å². The van der Waals surface area contributed by atoms with Gasteiger partial charge in [0, 0.05) is 36.3 Å². The van der Waals surface area contributed by atoms with Gasteiger partial charge in [-0.3, -0.25) is 4.90 Å². The van der Waals surface area contributed by atoms with Crippen LogP contribution in [0.1, 0.15) is 19.4 Å². The van der Waals surface area contributed by atoms with Crippen LogP contribution in [-0.2, 0) is 6.54 Å². The van der Waals surface area contributed by atoms with Crippen molar-refractivity contribution in [2.45, 2.75) is 25.1 Å². The normalized spacial score (nSPS) is 20.9. The van der Waals surface area contributed by atoms with Gasteiger partial charge < -0.3 is 5.73 Å². The predicted octanol–water partition coefficient (Wildman–Crippen LogP) is 1.99. The number of pyridine rings is 1. The second kappa shape index (κ2) is 4.63. The van der Waals surface area contributed by atoms with Gasteiger partial charge in [0.1, 0.15) is 5.82 Å². The van der Waals surface area contributed by atoms with Gasteiger partial charge in [0.05, 0.1) is 0 Å². The summed E-state index contributed by atoms with van der Waals surface area (Å²) in [6.07, 6.45) is 1.79. The SMILES string of the molecule is CC1(C)CN(Cc2ccnc(N)c2)CCS1. The minimum Gasteiger partial charge on any atom is -0.384 e. The number of hydrogen-bond acceptors (Lipinski definition) is 4. The first-order valence-corrected chi connectivity index (χ1v) is 6.60. The van der Waals surface area contributed by atoms with E-state index in [0.29, 0.717) is 10.6 Å². The van der Waals surface area contributed by atoms with Crippen molar-refractivity contribution >= 4 is 17.6 Å². The lowest BCUT2D eigenvalue weighted by Gasteiger charge is -2.37. The zero-order valence-electron chi connectivity index (χ0n) is 9.94. The van der Waals surface area contributed by atoms with E-state index in [1.54, 1.807) is 6.20 Å². The van der Waals surface area contributed by atoms with Gasteiger partial charge in [-0.2, -0.15) is 11.8 Å². The highest BCUT2D eigenvalue weighted by Crippen LogP contribution is 2.30. The van der Waals surface area contributed by atoms with E-state index in [1.165, 1.54) is 11.3 Å².